The molecule has 2 amide bonds. The molecule has 4 aromatic rings. The van der Waals surface area contributed by atoms with Gasteiger partial charge in [0.2, 0.25) is 0 Å². The molecular weight excluding hydrogens is 535 g/mol. The number of thiazole rings is 1. The van der Waals surface area contributed by atoms with E-state index < -0.39 is 0 Å². The summed E-state index contributed by atoms with van der Waals surface area (Å²) in [5.74, 6) is -0.0365. The number of carbonyl (C=O) groups excluding carboxylic acids is 2. The van der Waals surface area contributed by atoms with Gasteiger partial charge in [0.25, 0.3) is 11.8 Å². The van der Waals surface area contributed by atoms with E-state index in [0.717, 1.165) is 21.8 Å². The maximum Gasteiger partial charge on any atom is 0.259 e. The van der Waals surface area contributed by atoms with Crippen molar-refractivity contribution in [2.75, 3.05) is 12.4 Å². The lowest BCUT2D eigenvalue weighted by atomic mass is 10.0. The first kappa shape index (κ1) is 25.1. The van der Waals surface area contributed by atoms with Gasteiger partial charge in [-0.1, -0.05) is 34.5 Å². The van der Waals surface area contributed by atoms with Gasteiger partial charge in [-0.25, -0.2) is 15.0 Å². The van der Waals surface area contributed by atoms with Crippen LogP contribution < -0.4 is 10.1 Å². The molecule has 9 nitrogen and oxygen atoms in total. The van der Waals surface area contributed by atoms with Crippen molar-refractivity contribution in [3.8, 4) is 16.9 Å². The van der Waals surface area contributed by atoms with Crippen molar-refractivity contribution in [2.45, 2.75) is 26.9 Å². The van der Waals surface area contributed by atoms with Crippen LogP contribution in [0.3, 0.4) is 0 Å². The van der Waals surface area contributed by atoms with E-state index in [1.54, 1.807) is 29.3 Å². The molecule has 0 bridgehead atoms. The van der Waals surface area contributed by atoms with Crippen LogP contribution in [0.4, 0.5) is 5.13 Å². The number of carbonyl (C=O) groups is 2. The van der Waals surface area contributed by atoms with Crippen molar-refractivity contribution in [1.29, 1.82) is 0 Å². The van der Waals surface area contributed by atoms with Crippen LogP contribution in [0.25, 0.3) is 11.1 Å². The van der Waals surface area contributed by atoms with Gasteiger partial charge in [-0.2, -0.15) is 0 Å². The topological polar surface area (TPSA) is 110 Å². The Labute approximate surface area is 226 Å². The number of ether oxygens (including phenoxy) is 1. The highest BCUT2D eigenvalue weighted by atomic mass is 35.5. The van der Waals surface area contributed by atoms with Crippen LogP contribution in [-0.2, 0) is 13.1 Å². The highest BCUT2D eigenvalue weighted by Gasteiger charge is 2.29. The molecule has 0 spiro atoms. The van der Waals surface area contributed by atoms with E-state index in [0.29, 0.717) is 46.2 Å². The lowest BCUT2D eigenvalue weighted by Gasteiger charge is -2.17. The van der Waals surface area contributed by atoms with Gasteiger partial charge >= 0.3 is 0 Å². The lowest BCUT2D eigenvalue weighted by molar-refractivity contribution is 0.0750. The van der Waals surface area contributed by atoms with Crippen molar-refractivity contribution >= 4 is 51.5 Å². The largest absolute Gasteiger partial charge is 0.494 e. The Morgan fingerprint density at radius 2 is 1.73 bits per heavy atom. The number of rotatable bonds is 5. The summed E-state index contributed by atoms with van der Waals surface area (Å²) in [5.41, 5.74) is 4.30. The number of nitrogens with zero attached hydrogens (tertiary/aromatic N) is 5. The molecule has 12 heteroatoms. The second-order valence-corrected chi connectivity index (χ2v) is 10.3. The van der Waals surface area contributed by atoms with Crippen molar-refractivity contribution < 1.29 is 14.3 Å². The number of anilines is 1. The van der Waals surface area contributed by atoms with E-state index in [4.69, 9.17) is 27.9 Å². The fourth-order valence-corrected chi connectivity index (χ4v) is 5.35. The molecule has 5 rings (SSSR count). The first-order chi connectivity index (χ1) is 17.7. The van der Waals surface area contributed by atoms with E-state index in [1.807, 2.05) is 13.8 Å². The van der Waals surface area contributed by atoms with Gasteiger partial charge in [-0.05, 0) is 37.6 Å². The van der Waals surface area contributed by atoms with Crippen LogP contribution in [0.1, 0.15) is 42.5 Å². The van der Waals surface area contributed by atoms with Crippen molar-refractivity contribution in [3.63, 3.8) is 0 Å². The third-order valence-corrected chi connectivity index (χ3v) is 7.30. The molecular formula is C25H20Cl2N6O3S. The molecule has 0 saturated carbocycles. The third-order valence-electron chi connectivity index (χ3n) is 5.89. The summed E-state index contributed by atoms with van der Waals surface area (Å²) in [6.07, 6.45) is 4.60. The van der Waals surface area contributed by atoms with E-state index in [1.165, 1.54) is 30.8 Å². The van der Waals surface area contributed by atoms with Crippen molar-refractivity contribution in [1.82, 2.24) is 24.8 Å². The first-order valence-electron chi connectivity index (χ1n) is 11.1. The molecule has 0 saturated heterocycles. The zero-order chi connectivity index (χ0) is 26.3. The summed E-state index contributed by atoms with van der Waals surface area (Å²) in [4.78, 5) is 45.9. The van der Waals surface area contributed by atoms with Crippen LogP contribution in [-0.4, -0.2) is 43.8 Å². The molecule has 37 heavy (non-hydrogen) atoms. The van der Waals surface area contributed by atoms with E-state index in [2.05, 4.69) is 25.3 Å². The fraction of sp³-hybridized carbons (Fsp3) is 0.200. The van der Waals surface area contributed by atoms with Crippen LogP contribution in [0, 0.1) is 13.8 Å². The summed E-state index contributed by atoms with van der Waals surface area (Å²) >= 11 is 13.4. The van der Waals surface area contributed by atoms with E-state index in [9.17, 15) is 9.59 Å². The Morgan fingerprint density at radius 3 is 2.49 bits per heavy atom. The number of hydrogen-bond donors (Lipinski definition) is 1. The summed E-state index contributed by atoms with van der Waals surface area (Å²) in [6, 6.07) is 5.01. The van der Waals surface area contributed by atoms with Gasteiger partial charge in [-0.15, -0.1) is 0 Å². The van der Waals surface area contributed by atoms with Crippen LogP contribution >= 0.6 is 34.5 Å². The second-order valence-electron chi connectivity index (χ2n) is 8.40. The smallest absolute Gasteiger partial charge is 0.259 e. The normalized spacial score (nSPS) is 12.4. The molecule has 0 aromatic carbocycles. The van der Waals surface area contributed by atoms with E-state index >= 15 is 0 Å². The number of hydrogen-bond acceptors (Lipinski definition) is 8. The fourth-order valence-electron chi connectivity index (χ4n) is 4.06. The quantitative estimate of drug-likeness (QED) is 0.331. The third kappa shape index (κ3) is 5.00. The zero-order valence-corrected chi connectivity index (χ0v) is 22.3. The number of aryl methyl sites for hydroxylation is 2. The molecule has 188 valence electrons. The van der Waals surface area contributed by atoms with Gasteiger partial charge in [0.1, 0.15) is 16.1 Å². The van der Waals surface area contributed by atoms with Crippen LogP contribution in [0.15, 0.2) is 36.8 Å². The maximum absolute atomic E-state index is 13.3. The highest BCUT2D eigenvalue weighted by molar-refractivity contribution is 7.16. The maximum atomic E-state index is 13.3. The molecule has 0 radical (unpaired) electrons. The monoisotopic (exact) mass is 554 g/mol. The molecule has 1 aliphatic rings. The molecule has 5 heterocycles. The Balaban J connectivity index is 1.36. The minimum atomic E-state index is -0.375. The number of aromatic nitrogens is 4. The van der Waals surface area contributed by atoms with Gasteiger partial charge in [0.05, 0.1) is 42.5 Å². The van der Waals surface area contributed by atoms with E-state index in [-0.39, 0.29) is 22.1 Å². The highest BCUT2D eigenvalue weighted by Crippen LogP contribution is 2.36. The van der Waals surface area contributed by atoms with Crippen molar-refractivity contribution in [2.24, 2.45) is 0 Å². The molecule has 0 unspecified atom stereocenters. The molecule has 1 N–H and O–H groups in total. The summed E-state index contributed by atoms with van der Waals surface area (Å²) in [6.45, 7) is 4.38. The standard InChI is InChI=1S/C25H20Cl2N6O3S/c1-12-7-29-21(26)5-14(12)24(35)33-10-18-20(11-33)37-25(31-18)32-23(34)17-8-28-13(2)4-15(17)16-6-22(27)30-9-19(16)36-3/h4-9H,10-11H2,1-3H3,(H,31,32,34). The van der Waals surface area contributed by atoms with Crippen LogP contribution in [0.2, 0.25) is 10.3 Å². The lowest BCUT2D eigenvalue weighted by Crippen LogP contribution is -2.26. The van der Waals surface area contributed by atoms with Gasteiger partial charge in [0, 0.05) is 34.8 Å². The number of pyridine rings is 3. The molecule has 4 aromatic heterocycles. The van der Waals surface area contributed by atoms with Crippen LogP contribution in [0.5, 0.6) is 5.75 Å². The van der Waals surface area contributed by atoms with Crippen molar-refractivity contribution in [3.05, 3.63) is 80.1 Å². The molecule has 0 atom stereocenters. The minimum Gasteiger partial charge on any atom is -0.494 e. The van der Waals surface area contributed by atoms with Gasteiger partial charge in [0.15, 0.2) is 5.13 Å². The number of methoxy groups -OCH3 is 1. The second kappa shape index (κ2) is 10.0. The van der Waals surface area contributed by atoms with Gasteiger partial charge < -0.3 is 9.64 Å². The minimum absolute atomic E-state index is 0.141. The Bertz CT molecular complexity index is 1530. The predicted octanol–water partition coefficient (Wildman–Crippen LogP) is 5.34. The zero-order valence-electron chi connectivity index (χ0n) is 20.0. The SMILES string of the molecule is COc1cnc(Cl)cc1-c1cc(C)ncc1C(=O)Nc1nc2c(s1)CN(C(=O)c1cc(Cl)ncc1C)C2. The average molecular weight is 555 g/mol. The Morgan fingerprint density at radius 1 is 0.973 bits per heavy atom. The summed E-state index contributed by atoms with van der Waals surface area (Å²) < 4.78 is 5.44. The molecule has 0 aliphatic carbocycles. The summed E-state index contributed by atoms with van der Waals surface area (Å²) in [7, 11) is 1.53. The number of amides is 2. The predicted molar refractivity (Wildman–Crippen MR) is 141 cm³/mol. The average Bonchev–Trinajstić information content (AvgIpc) is 3.43. The molecule has 0 fully saturated rings. The number of nitrogens with one attached hydrogen (secondary N) is 1. The Kier molecular flexibility index (Phi) is 6.80. The van der Waals surface area contributed by atoms with Gasteiger partial charge in [-0.3, -0.25) is 19.9 Å². The summed E-state index contributed by atoms with van der Waals surface area (Å²) in [5, 5.41) is 3.85. The Hall–Kier alpha value is -3.60. The molecule has 1 aliphatic heterocycles. The number of halogens is 2. The first-order valence-corrected chi connectivity index (χ1v) is 12.7. The number of fused-ring (bicyclic) bond motifs is 1.